The molecule has 154 valence electrons. The summed E-state index contributed by atoms with van der Waals surface area (Å²) in [6.45, 7) is 9.17. The van der Waals surface area contributed by atoms with Gasteiger partial charge in [0.15, 0.2) is 11.2 Å². The van der Waals surface area contributed by atoms with Gasteiger partial charge < -0.3 is 9.30 Å². The fourth-order valence-corrected chi connectivity index (χ4v) is 3.89. The maximum atomic E-state index is 12.8. The van der Waals surface area contributed by atoms with Crippen LogP contribution in [0.1, 0.15) is 18.9 Å². The number of rotatable bonds is 6. The topological polar surface area (TPSA) is 85.2 Å². The molecule has 3 heterocycles. The number of morpholine rings is 1. The largest absolute Gasteiger partial charge is 0.379 e. The lowest BCUT2D eigenvalue weighted by atomic mass is 10.1. The summed E-state index contributed by atoms with van der Waals surface area (Å²) >= 11 is 0. The van der Waals surface area contributed by atoms with Crippen molar-refractivity contribution in [2.45, 2.75) is 33.4 Å². The molecule has 1 aliphatic rings. The van der Waals surface area contributed by atoms with Crippen molar-refractivity contribution in [3.05, 3.63) is 50.7 Å². The maximum Gasteiger partial charge on any atom is 0.330 e. The van der Waals surface area contributed by atoms with E-state index in [4.69, 9.17) is 9.72 Å². The normalized spacial score (nSPS) is 15.2. The molecule has 1 fully saturated rings. The number of nitrogens with zero attached hydrogens (tertiary/aromatic N) is 4. The van der Waals surface area contributed by atoms with Gasteiger partial charge in [-0.2, -0.15) is 0 Å². The predicted molar refractivity (Wildman–Crippen MR) is 112 cm³/mol. The smallest absolute Gasteiger partial charge is 0.330 e. The second kappa shape index (κ2) is 8.34. The quantitative estimate of drug-likeness (QED) is 0.683. The maximum absolute atomic E-state index is 12.8. The van der Waals surface area contributed by atoms with Crippen LogP contribution in [0.4, 0.5) is 0 Å². The zero-order valence-electron chi connectivity index (χ0n) is 17.0. The van der Waals surface area contributed by atoms with E-state index in [2.05, 4.69) is 16.0 Å². The van der Waals surface area contributed by atoms with Gasteiger partial charge in [-0.15, -0.1) is 0 Å². The van der Waals surface area contributed by atoms with Crippen molar-refractivity contribution in [3.63, 3.8) is 0 Å². The molecule has 0 atom stereocenters. The Morgan fingerprint density at radius 2 is 1.90 bits per heavy atom. The van der Waals surface area contributed by atoms with E-state index in [1.54, 1.807) is 4.57 Å². The van der Waals surface area contributed by atoms with Gasteiger partial charge in [0.05, 0.1) is 13.2 Å². The molecule has 4 rings (SSSR count). The van der Waals surface area contributed by atoms with Crippen molar-refractivity contribution >= 4 is 11.2 Å². The first-order valence-corrected chi connectivity index (χ1v) is 10.2. The lowest BCUT2D eigenvalue weighted by Gasteiger charge is -2.26. The van der Waals surface area contributed by atoms with Gasteiger partial charge in [-0.1, -0.05) is 30.7 Å². The molecule has 0 unspecified atom stereocenters. The summed E-state index contributed by atoms with van der Waals surface area (Å²) in [5.41, 5.74) is 2.19. The number of fused-ring (bicyclic) bond motifs is 1. The van der Waals surface area contributed by atoms with Crippen molar-refractivity contribution < 1.29 is 4.74 Å². The highest BCUT2D eigenvalue weighted by Crippen LogP contribution is 2.23. The fourth-order valence-electron chi connectivity index (χ4n) is 3.89. The van der Waals surface area contributed by atoms with Crippen LogP contribution in [0, 0.1) is 6.92 Å². The Labute approximate surface area is 168 Å². The second-order valence-corrected chi connectivity index (χ2v) is 7.49. The molecule has 0 aliphatic carbocycles. The standard InChI is InChI=1S/C21H27N5O3/c1-3-7-26-19-17(20(27)23-21(26)28)25(9-8-24-10-12-29-13-11-24)18(22-19)16-6-4-5-15(2)14-16/h4-6,14H,3,7-13H2,1-2H3,(H,23,27,28). The Kier molecular flexibility index (Phi) is 5.64. The second-order valence-electron chi connectivity index (χ2n) is 7.49. The van der Waals surface area contributed by atoms with Gasteiger partial charge in [0.2, 0.25) is 0 Å². The van der Waals surface area contributed by atoms with Crippen LogP contribution in [0.15, 0.2) is 33.9 Å². The molecule has 3 aromatic rings. The van der Waals surface area contributed by atoms with Crippen LogP contribution in [0.3, 0.4) is 0 Å². The number of hydrogen-bond acceptors (Lipinski definition) is 5. The van der Waals surface area contributed by atoms with Crippen LogP contribution < -0.4 is 11.2 Å². The number of nitrogens with one attached hydrogen (secondary N) is 1. The van der Waals surface area contributed by atoms with Crippen LogP contribution in [0.25, 0.3) is 22.6 Å². The molecular formula is C21H27N5O3. The monoisotopic (exact) mass is 397 g/mol. The molecule has 2 aromatic heterocycles. The lowest BCUT2D eigenvalue weighted by Crippen LogP contribution is -2.38. The summed E-state index contributed by atoms with van der Waals surface area (Å²) in [5.74, 6) is 0.720. The summed E-state index contributed by atoms with van der Waals surface area (Å²) in [6, 6.07) is 8.07. The summed E-state index contributed by atoms with van der Waals surface area (Å²) < 4.78 is 8.97. The summed E-state index contributed by atoms with van der Waals surface area (Å²) in [5, 5.41) is 0. The number of ether oxygens (including phenoxy) is 1. The number of aryl methyl sites for hydroxylation is 2. The van der Waals surface area contributed by atoms with Crippen molar-refractivity contribution in [1.82, 2.24) is 24.0 Å². The molecular weight excluding hydrogens is 370 g/mol. The lowest BCUT2D eigenvalue weighted by molar-refractivity contribution is 0.0365. The van der Waals surface area contributed by atoms with E-state index in [0.29, 0.717) is 24.3 Å². The van der Waals surface area contributed by atoms with E-state index in [1.165, 1.54) is 0 Å². The predicted octanol–water partition coefficient (Wildman–Crippen LogP) is 1.60. The van der Waals surface area contributed by atoms with Crippen LogP contribution in [0.2, 0.25) is 0 Å². The Balaban J connectivity index is 1.87. The molecule has 8 heteroatoms. The number of aromatic nitrogens is 4. The molecule has 1 saturated heterocycles. The highest BCUT2D eigenvalue weighted by atomic mass is 16.5. The first-order chi connectivity index (χ1) is 14.1. The van der Waals surface area contributed by atoms with E-state index in [-0.39, 0.29) is 5.56 Å². The Hall–Kier alpha value is -2.71. The average molecular weight is 397 g/mol. The third-order valence-corrected chi connectivity index (χ3v) is 5.35. The third-order valence-electron chi connectivity index (χ3n) is 5.35. The van der Waals surface area contributed by atoms with Crippen molar-refractivity contribution in [2.24, 2.45) is 0 Å². The molecule has 1 aliphatic heterocycles. The van der Waals surface area contributed by atoms with E-state index >= 15 is 0 Å². The number of imidazole rings is 1. The highest BCUT2D eigenvalue weighted by Gasteiger charge is 2.20. The molecule has 8 nitrogen and oxygen atoms in total. The van der Waals surface area contributed by atoms with Gasteiger partial charge in [0, 0.05) is 38.3 Å². The molecule has 0 radical (unpaired) electrons. The number of benzene rings is 1. The van der Waals surface area contributed by atoms with Gasteiger partial charge in [-0.05, 0) is 19.4 Å². The van der Waals surface area contributed by atoms with Crippen molar-refractivity contribution in [1.29, 1.82) is 0 Å². The van der Waals surface area contributed by atoms with E-state index in [9.17, 15) is 9.59 Å². The molecule has 1 aromatic carbocycles. The van der Waals surface area contributed by atoms with E-state index < -0.39 is 5.69 Å². The molecule has 0 saturated carbocycles. The molecule has 0 amide bonds. The Morgan fingerprint density at radius 1 is 1.10 bits per heavy atom. The zero-order valence-corrected chi connectivity index (χ0v) is 17.0. The minimum absolute atomic E-state index is 0.384. The minimum Gasteiger partial charge on any atom is -0.379 e. The van der Waals surface area contributed by atoms with E-state index in [1.807, 2.05) is 36.6 Å². The van der Waals surface area contributed by atoms with Gasteiger partial charge in [0.25, 0.3) is 5.56 Å². The first kappa shape index (κ1) is 19.6. The van der Waals surface area contributed by atoms with Crippen molar-refractivity contribution in [3.8, 4) is 11.4 Å². The first-order valence-electron chi connectivity index (χ1n) is 10.2. The fraction of sp³-hybridized carbons (Fsp3) is 0.476. The van der Waals surface area contributed by atoms with Gasteiger partial charge in [0.1, 0.15) is 5.82 Å². The molecule has 0 spiro atoms. The third kappa shape index (κ3) is 3.90. The van der Waals surface area contributed by atoms with Crippen LogP contribution in [-0.4, -0.2) is 56.9 Å². The Morgan fingerprint density at radius 3 is 2.62 bits per heavy atom. The zero-order chi connectivity index (χ0) is 20.4. The SMILES string of the molecule is CCCn1c(=O)[nH]c(=O)c2c1nc(-c1cccc(C)c1)n2CCN1CCOCC1. The van der Waals surface area contributed by atoms with Gasteiger partial charge in [-0.3, -0.25) is 19.2 Å². The van der Waals surface area contributed by atoms with Gasteiger partial charge >= 0.3 is 5.69 Å². The molecule has 0 bridgehead atoms. The summed E-state index contributed by atoms with van der Waals surface area (Å²) in [6.07, 6.45) is 0.779. The van der Waals surface area contributed by atoms with Crippen molar-refractivity contribution in [2.75, 3.05) is 32.8 Å². The number of hydrogen-bond donors (Lipinski definition) is 1. The van der Waals surface area contributed by atoms with Gasteiger partial charge in [-0.25, -0.2) is 9.78 Å². The summed E-state index contributed by atoms with van der Waals surface area (Å²) in [7, 11) is 0. The molecule has 29 heavy (non-hydrogen) atoms. The van der Waals surface area contributed by atoms with Crippen LogP contribution in [0.5, 0.6) is 0 Å². The minimum atomic E-state index is -0.405. The Bertz CT molecular complexity index is 1120. The average Bonchev–Trinajstić information content (AvgIpc) is 3.10. The highest BCUT2D eigenvalue weighted by molar-refractivity contribution is 5.77. The molecule has 1 N–H and O–H groups in total. The number of aromatic amines is 1. The van der Waals surface area contributed by atoms with Crippen LogP contribution in [-0.2, 0) is 17.8 Å². The van der Waals surface area contributed by atoms with E-state index in [0.717, 1.165) is 56.2 Å². The van der Waals surface area contributed by atoms with Crippen LogP contribution >= 0.6 is 0 Å². The summed E-state index contributed by atoms with van der Waals surface area (Å²) in [4.78, 5) is 34.8. The number of H-pyrrole nitrogens is 1.